The highest BCUT2D eigenvalue weighted by Gasteiger charge is 2.29. The lowest BCUT2D eigenvalue weighted by atomic mass is 10.2. The number of hydrogen-bond donors (Lipinski definition) is 2. The highest BCUT2D eigenvalue weighted by atomic mass is 19.4. The summed E-state index contributed by atoms with van der Waals surface area (Å²) >= 11 is 0. The summed E-state index contributed by atoms with van der Waals surface area (Å²) in [6.07, 6.45) is -4.36. The fourth-order valence-corrected chi connectivity index (χ4v) is 2.48. The van der Waals surface area contributed by atoms with Crippen molar-refractivity contribution in [3.63, 3.8) is 0 Å². The summed E-state index contributed by atoms with van der Waals surface area (Å²) < 4.78 is 53.6. The first-order valence-electron chi connectivity index (χ1n) is 8.83. The Bertz CT molecular complexity index is 809. The van der Waals surface area contributed by atoms with Crippen molar-refractivity contribution in [3.8, 4) is 17.2 Å². The third kappa shape index (κ3) is 6.78. The number of aliphatic imine (C=N–C) groups is 1. The Hall–Kier alpha value is -3.10. The second-order valence-electron chi connectivity index (χ2n) is 5.91. The molecule has 0 saturated carbocycles. The third-order valence-electron chi connectivity index (χ3n) is 3.98. The zero-order chi connectivity index (χ0) is 21.3. The van der Waals surface area contributed by atoms with E-state index in [1.165, 1.54) is 12.1 Å². The number of alkyl halides is 3. The molecule has 0 atom stereocenters. The van der Waals surface area contributed by atoms with Gasteiger partial charge in [-0.1, -0.05) is 6.07 Å². The van der Waals surface area contributed by atoms with Gasteiger partial charge in [0.1, 0.15) is 12.4 Å². The molecule has 0 amide bonds. The van der Waals surface area contributed by atoms with Crippen LogP contribution in [0.2, 0.25) is 0 Å². The molecule has 0 aliphatic rings. The molecular formula is C20H24F3N3O3. The fourth-order valence-electron chi connectivity index (χ4n) is 2.48. The Morgan fingerprint density at radius 1 is 0.966 bits per heavy atom. The van der Waals surface area contributed by atoms with E-state index in [2.05, 4.69) is 15.6 Å². The summed E-state index contributed by atoms with van der Waals surface area (Å²) in [4.78, 5) is 4.12. The van der Waals surface area contributed by atoms with Gasteiger partial charge in [-0.05, 0) is 42.0 Å². The van der Waals surface area contributed by atoms with E-state index in [1.54, 1.807) is 21.3 Å². The minimum atomic E-state index is -4.36. The Morgan fingerprint density at radius 2 is 1.66 bits per heavy atom. The number of nitrogens with zero attached hydrogens (tertiary/aromatic N) is 1. The number of methoxy groups -OCH3 is 2. The molecule has 0 bridgehead atoms. The van der Waals surface area contributed by atoms with Crippen molar-refractivity contribution in [2.45, 2.75) is 12.7 Å². The molecule has 0 fully saturated rings. The molecule has 2 aromatic rings. The maximum absolute atomic E-state index is 12.5. The lowest BCUT2D eigenvalue weighted by Crippen LogP contribution is -2.38. The van der Waals surface area contributed by atoms with Crippen LogP contribution in [-0.4, -0.2) is 40.4 Å². The van der Waals surface area contributed by atoms with Gasteiger partial charge in [-0.2, -0.15) is 13.2 Å². The van der Waals surface area contributed by atoms with Crippen LogP contribution in [-0.2, 0) is 12.7 Å². The second-order valence-corrected chi connectivity index (χ2v) is 5.91. The first kappa shape index (κ1) is 22.2. The smallest absolute Gasteiger partial charge is 0.416 e. The second kappa shape index (κ2) is 10.4. The molecule has 2 rings (SSSR count). The summed E-state index contributed by atoms with van der Waals surface area (Å²) in [7, 11) is 4.79. The van der Waals surface area contributed by atoms with Gasteiger partial charge in [-0.15, -0.1) is 0 Å². The Kier molecular flexibility index (Phi) is 7.99. The molecule has 158 valence electrons. The number of rotatable bonds is 8. The SMILES string of the molecule is CN=C(NCCOc1ccc(C(F)(F)F)cc1)NCc1ccc(OC)c(OC)c1. The first-order valence-corrected chi connectivity index (χ1v) is 8.83. The highest BCUT2D eigenvalue weighted by Crippen LogP contribution is 2.30. The predicted octanol–water partition coefficient (Wildman–Crippen LogP) is 3.47. The van der Waals surface area contributed by atoms with Gasteiger partial charge in [0.05, 0.1) is 26.3 Å². The molecule has 0 saturated heterocycles. The topological polar surface area (TPSA) is 64.1 Å². The summed E-state index contributed by atoms with van der Waals surface area (Å²) in [6, 6.07) is 10.2. The largest absolute Gasteiger partial charge is 0.493 e. The average Bonchev–Trinajstić information content (AvgIpc) is 2.72. The van der Waals surface area contributed by atoms with Gasteiger partial charge >= 0.3 is 6.18 Å². The Balaban J connectivity index is 1.77. The van der Waals surface area contributed by atoms with E-state index in [1.807, 2.05) is 18.2 Å². The molecule has 2 aromatic carbocycles. The molecule has 0 aliphatic heterocycles. The van der Waals surface area contributed by atoms with E-state index in [-0.39, 0.29) is 6.61 Å². The Morgan fingerprint density at radius 3 is 2.24 bits per heavy atom. The van der Waals surface area contributed by atoms with Crippen molar-refractivity contribution in [2.75, 3.05) is 34.4 Å². The number of halogens is 3. The van der Waals surface area contributed by atoms with Gasteiger partial charge in [0, 0.05) is 13.6 Å². The quantitative estimate of drug-likeness (QED) is 0.396. The predicted molar refractivity (Wildman–Crippen MR) is 105 cm³/mol. The van der Waals surface area contributed by atoms with E-state index in [0.29, 0.717) is 36.3 Å². The summed E-state index contributed by atoms with van der Waals surface area (Å²) in [5, 5.41) is 6.23. The number of hydrogen-bond acceptors (Lipinski definition) is 4. The van der Waals surface area contributed by atoms with Crippen LogP contribution in [0.5, 0.6) is 17.2 Å². The third-order valence-corrected chi connectivity index (χ3v) is 3.98. The van der Waals surface area contributed by atoms with Crippen LogP contribution in [0.4, 0.5) is 13.2 Å². The monoisotopic (exact) mass is 411 g/mol. The maximum Gasteiger partial charge on any atom is 0.416 e. The summed E-state index contributed by atoms with van der Waals surface area (Å²) in [5.74, 6) is 2.22. The van der Waals surface area contributed by atoms with Gasteiger partial charge < -0.3 is 24.8 Å². The van der Waals surface area contributed by atoms with Gasteiger partial charge in [0.2, 0.25) is 0 Å². The highest BCUT2D eigenvalue weighted by molar-refractivity contribution is 5.79. The Labute approximate surface area is 167 Å². The maximum atomic E-state index is 12.5. The van der Waals surface area contributed by atoms with Crippen molar-refractivity contribution in [2.24, 2.45) is 4.99 Å². The van der Waals surface area contributed by atoms with Crippen molar-refractivity contribution in [3.05, 3.63) is 53.6 Å². The normalized spacial score (nSPS) is 11.7. The summed E-state index contributed by atoms with van der Waals surface area (Å²) in [6.45, 7) is 1.20. The molecule has 0 radical (unpaired) electrons. The zero-order valence-electron chi connectivity index (χ0n) is 16.5. The number of nitrogens with one attached hydrogen (secondary N) is 2. The van der Waals surface area contributed by atoms with Crippen molar-refractivity contribution in [1.29, 1.82) is 0 Å². The van der Waals surface area contributed by atoms with E-state index in [0.717, 1.165) is 17.7 Å². The fraction of sp³-hybridized carbons (Fsp3) is 0.350. The molecule has 9 heteroatoms. The first-order chi connectivity index (χ1) is 13.9. The molecular weight excluding hydrogens is 387 g/mol. The lowest BCUT2D eigenvalue weighted by Gasteiger charge is -2.14. The van der Waals surface area contributed by atoms with Gasteiger partial charge in [0.15, 0.2) is 17.5 Å². The zero-order valence-corrected chi connectivity index (χ0v) is 16.5. The number of benzene rings is 2. The molecule has 29 heavy (non-hydrogen) atoms. The lowest BCUT2D eigenvalue weighted by molar-refractivity contribution is -0.137. The summed E-state index contributed by atoms with van der Waals surface area (Å²) in [5.41, 5.74) is 0.273. The van der Waals surface area contributed by atoms with Crippen LogP contribution < -0.4 is 24.8 Å². The molecule has 2 N–H and O–H groups in total. The van der Waals surface area contributed by atoms with Crippen LogP contribution in [0.25, 0.3) is 0 Å². The van der Waals surface area contributed by atoms with E-state index >= 15 is 0 Å². The van der Waals surface area contributed by atoms with Crippen LogP contribution in [0.1, 0.15) is 11.1 Å². The minimum Gasteiger partial charge on any atom is -0.493 e. The van der Waals surface area contributed by atoms with Crippen LogP contribution >= 0.6 is 0 Å². The van der Waals surface area contributed by atoms with Gasteiger partial charge in [0.25, 0.3) is 0 Å². The molecule has 6 nitrogen and oxygen atoms in total. The average molecular weight is 411 g/mol. The minimum absolute atomic E-state index is 0.266. The number of ether oxygens (including phenoxy) is 3. The van der Waals surface area contributed by atoms with Gasteiger partial charge in [-0.25, -0.2) is 0 Å². The molecule has 0 spiro atoms. The van der Waals surface area contributed by atoms with Crippen LogP contribution in [0.3, 0.4) is 0 Å². The van der Waals surface area contributed by atoms with E-state index < -0.39 is 11.7 Å². The van der Waals surface area contributed by atoms with Crippen LogP contribution in [0, 0.1) is 0 Å². The molecule has 0 aromatic heterocycles. The molecule has 0 aliphatic carbocycles. The van der Waals surface area contributed by atoms with E-state index in [9.17, 15) is 13.2 Å². The standard InChI is InChI=1S/C20H24F3N3O3/c1-24-19(26-13-14-4-9-17(27-2)18(12-14)28-3)25-10-11-29-16-7-5-15(6-8-16)20(21,22)23/h4-9,12H,10-11,13H2,1-3H3,(H2,24,25,26). The van der Waals surface area contributed by atoms with Crippen molar-refractivity contribution in [1.82, 2.24) is 10.6 Å². The molecule has 0 unspecified atom stereocenters. The number of guanidine groups is 1. The molecule has 0 heterocycles. The van der Waals surface area contributed by atoms with E-state index in [4.69, 9.17) is 14.2 Å². The van der Waals surface area contributed by atoms with Gasteiger partial charge in [-0.3, -0.25) is 4.99 Å². The van der Waals surface area contributed by atoms with Crippen molar-refractivity contribution >= 4 is 5.96 Å². The van der Waals surface area contributed by atoms with Crippen molar-refractivity contribution < 1.29 is 27.4 Å². The van der Waals surface area contributed by atoms with Crippen LogP contribution in [0.15, 0.2) is 47.5 Å².